The van der Waals surface area contributed by atoms with E-state index in [4.69, 9.17) is 5.11 Å². The Labute approximate surface area is 155 Å². The lowest BCUT2D eigenvalue weighted by molar-refractivity contribution is -0.274. The van der Waals surface area contributed by atoms with Crippen LogP contribution in [0.15, 0.2) is 42.5 Å². The summed E-state index contributed by atoms with van der Waals surface area (Å²) in [6.07, 6.45) is -4.33. The van der Waals surface area contributed by atoms with E-state index in [1.807, 2.05) is 0 Å². The number of hydrogen-bond acceptors (Lipinski definition) is 5. The maximum Gasteiger partial charge on any atom is 0.573 e. The number of hydrogen-bond donors (Lipinski definition) is 2. The Morgan fingerprint density at radius 1 is 1.11 bits per heavy atom. The van der Waals surface area contributed by atoms with Gasteiger partial charge in [-0.3, -0.25) is 0 Å². The summed E-state index contributed by atoms with van der Waals surface area (Å²) in [5.41, 5.74) is 0.869. The van der Waals surface area contributed by atoms with Crippen molar-refractivity contribution in [3.8, 4) is 5.75 Å². The Morgan fingerprint density at radius 3 is 2.46 bits per heavy atom. The number of carbonyl (C=O) groups is 1. The first-order chi connectivity index (χ1) is 13.2. The van der Waals surface area contributed by atoms with Crippen LogP contribution in [-0.4, -0.2) is 34.0 Å². The molecule has 0 atom stereocenters. The van der Waals surface area contributed by atoms with Gasteiger partial charge in [0.05, 0.1) is 5.52 Å². The molecule has 0 saturated carbocycles. The SMILES string of the molecule is O=C(O)c1nc(NCCc2ccc(OC(F)(F)F)cc2)c2ccc(F)cc2n1. The second-order valence-electron chi connectivity index (χ2n) is 5.73. The van der Waals surface area contributed by atoms with E-state index in [9.17, 15) is 22.4 Å². The monoisotopic (exact) mass is 395 g/mol. The highest BCUT2D eigenvalue weighted by molar-refractivity contribution is 5.93. The molecule has 2 N–H and O–H groups in total. The summed E-state index contributed by atoms with van der Waals surface area (Å²) in [5.74, 6) is -2.49. The Morgan fingerprint density at radius 2 is 1.82 bits per heavy atom. The molecule has 3 rings (SSSR count). The third kappa shape index (κ3) is 4.84. The molecule has 10 heteroatoms. The van der Waals surface area contributed by atoms with Crippen molar-refractivity contribution in [3.63, 3.8) is 0 Å². The smallest absolute Gasteiger partial charge is 0.475 e. The molecule has 0 fully saturated rings. The van der Waals surface area contributed by atoms with Crippen LogP contribution in [0, 0.1) is 5.82 Å². The van der Waals surface area contributed by atoms with Gasteiger partial charge in [-0.1, -0.05) is 12.1 Å². The predicted octanol–water partition coefficient (Wildman–Crippen LogP) is 4.02. The van der Waals surface area contributed by atoms with Crippen molar-refractivity contribution in [2.24, 2.45) is 0 Å². The van der Waals surface area contributed by atoms with Crippen molar-refractivity contribution in [2.75, 3.05) is 11.9 Å². The van der Waals surface area contributed by atoms with Crippen molar-refractivity contribution in [1.82, 2.24) is 9.97 Å². The van der Waals surface area contributed by atoms with Gasteiger partial charge in [-0.05, 0) is 36.2 Å². The fourth-order valence-corrected chi connectivity index (χ4v) is 2.52. The van der Waals surface area contributed by atoms with E-state index in [-0.39, 0.29) is 17.1 Å². The zero-order valence-corrected chi connectivity index (χ0v) is 14.1. The first-order valence-corrected chi connectivity index (χ1v) is 8.00. The fourth-order valence-electron chi connectivity index (χ4n) is 2.52. The van der Waals surface area contributed by atoms with Crippen LogP contribution in [0.5, 0.6) is 5.75 Å². The van der Waals surface area contributed by atoms with Gasteiger partial charge in [0.15, 0.2) is 0 Å². The lowest BCUT2D eigenvalue weighted by Gasteiger charge is -2.11. The minimum absolute atomic E-state index is 0.142. The number of fused-ring (bicyclic) bond motifs is 1. The summed E-state index contributed by atoms with van der Waals surface area (Å²) in [6, 6.07) is 9.12. The van der Waals surface area contributed by atoms with Crippen LogP contribution >= 0.6 is 0 Å². The number of ether oxygens (including phenoxy) is 1. The first-order valence-electron chi connectivity index (χ1n) is 8.00. The van der Waals surface area contributed by atoms with Crippen LogP contribution in [0.3, 0.4) is 0 Å². The van der Waals surface area contributed by atoms with E-state index < -0.39 is 24.0 Å². The van der Waals surface area contributed by atoms with Crippen molar-refractivity contribution < 1.29 is 32.2 Å². The van der Waals surface area contributed by atoms with E-state index in [0.29, 0.717) is 18.4 Å². The van der Waals surface area contributed by atoms with Gasteiger partial charge in [0.1, 0.15) is 17.4 Å². The molecule has 6 nitrogen and oxygen atoms in total. The zero-order chi connectivity index (χ0) is 20.3. The number of anilines is 1. The highest BCUT2D eigenvalue weighted by Crippen LogP contribution is 2.24. The second kappa shape index (κ2) is 7.67. The van der Waals surface area contributed by atoms with Gasteiger partial charge in [-0.2, -0.15) is 0 Å². The standard InChI is InChI=1S/C18H13F4N3O3/c19-11-3-6-13-14(9-11)24-16(17(26)27)25-15(13)23-8-7-10-1-4-12(5-2-10)28-18(20,21)22/h1-6,9H,7-8H2,(H,26,27)(H,23,24,25). The molecule has 0 radical (unpaired) electrons. The average molecular weight is 395 g/mol. The molecule has 0 saturated heterocycles. The van der Waals surface area contributed by atoms with Crippen LogP contribution in [0.2, 0.25) is 0 Å². The molecule has 2 aromatic carbocycles. The summed E-state index contributed by atoms with van der Waals surface area (Å²) < 4.78 is 53.7. The van der Waals surface area contributed by atoms with Crippen LogP contribution in [0.25, 0.3) is 10.9 Å². The van der Waals surface area contributed by atoms with Gasteiger partial charge in [-0.25, -0.2) is 19.2 Å². The quantitative estimate of drug-likeness (QED) is 0.614. The molecule has 0 bridgehead atoms. The highest BCUT2D eigenvalue weighted by atomic mass is 19.4. The number of aromatic nitrogens is 2. The second-order valence-corrected chi connectivity index (χ2v) is 5.73. The third-order valence-corrected chi connectivity index (χ3v) is 3.71. The van der Waals surface area contributed by atoms with E-state index in [1.165, 1.54) is 36.4 Å². The highest BCUT2D eigenvalue weighted by Gasteiger charge is 2.30. The largest absolute Gasteiger partial charge is 0.573 e. The van der Waals surface area contributed by atoms with Gasteiger partial charge in [-0.15, -0.1) is 13.2 Å². The molecule has 0 aliphatic carbocycles. The number of aromatic carboxylic acids is 1. The number of carboxylic acid groups (broad SMARTS) is 1. The molecular weight excluding hydrogens is 382 g/mol. The van der Waals surface area contributed by atoms with Gasteiger partial charge in [0, 0.05) is 18.0 Å². The molecule has 0 spiro atoms. The van der Waals surface area contributed by atoms with Gasteiger partial charge in [0.2, 0.25) is 5.82 Å². The Balaban J connectivity index is 1.72. The molecular formula is C18H13F4N3O3. The molecule has 1 aromatic heterocycles. The molecule has 0 aliphatic rings. The number of benzene rings is 2. The minimum atomic E-state index is -4.75. The Kier molecular flexibility index (Phi) is 5.30. The average Bonchev–Trinajstić information content (AvgIpc) is 2.61. The number of rotatable bonds is 6. The van der Waals surface area contributed by atoms with Crippen molar-refractivity contribution in [3.05, 3.63) is 59.7 Å². The van der Waals surface area contributed by atoms with E-state index >= 15 is 0 Å². The van der Waals surface area contributed by atoms with Crippen molar-refractivity contribution >= 4 is 22.7 Å². The zero-order valence-electron chi connectivity index (χ0n) is 14.1. The number of nitrogens with zero attached hydrogens (tertiary/aromatic N) is 2. The van der Waals surface area contributed by atoms with E-state index in [1.54, 1.807) is 0 Å². The summed E-state index contributed by atoms with van der Waals surface area (Å²) in [7, 11) is 0. The summed E-state index contributed by atoms with van der Waals surface area (Å²) in [6.45, 7) is 0.308. The molecule has 0 aliphatic heterocycles. The first kappa shape index (κ1) is 19.3. The molecule has 146 valence electrons. The van der Waals surface area contributed by atoms with Gasteiger partial charge < -0.3 is 15.2 Å². The molecule has 3 aromatic rings. The maximum atomic E-state index is 13.4. The maximum absolute atomic E-state index is 13.4. The van der Waals surface area contributed by atoms with E-state index in [0.717, 1.165) is 11.6 Å². The van der Waals surface area contributed by atoms with E-state index in [2.05, 4.69) is 20.0 Å². The lowest BCUT2D eigenvalue weighted by Crippen LogP contribution is -2.17. The normalized spacial score (nSPS) is 11.4. The van der Waals surface area contributed by atoms with Gasteiger partial charge >= 0.3 is 12.3 Å². The number of carboxylic acids is 1. The number of nitrogens with one attached hydrogen (secondary N) is 1. The Hall–Kier alpha value is -3.43. The molecule has 1 heterocycles. The van der Waals surface area contributed by atoms with Gasteiger partial charge in [0.25, 0.3) is 0 Å². The van der Waals surface area contributed by atoms with Crippen LogP contribution < -0.4 is 10.1 Å². The molecule has 0 amide bonds. The van der Waals surface area contributed by atoms with Crippen LogP contribution in [0.1, 0.15) is 16.2 Å². The third-order valence-electron chi connectivity index (χ3n) is 3.71. The topological polar surface area (TPSA) is 84.3 Å². The summed E-state index contributed by atoms with van der Waals surface area (Å²) in [4.78, 5) is 18.9. The van der Waals surface area contributed by atoms with Crippen LogP contribution in [0.4, 0.5) is 23.4 Å². The lowest BCUT2D eigenvalue weighted by atomic mass is 10.1. The summed E-state index contributed by atoms with van der Waals surface area (Å²) in [5, 5.41) is 12.5. The Bertz CT molecular complexity index is 1010. The van der Waals surface area contributed by atoms with Crippen molar-refractivity contribution in [2.45, 2.75) is 12.8 Å². The minimum Gasteiger partial charge on any atom is -0.475 e. The van der Waals surface area contributed by atoms with Crippen LogP contribution in [-0.2, 0) is 6.42 Å². The summed E-state index contributed by atoms with van der Waals surface area (Å²) >= 11 is 0. The molecule has 0 unspecified atom stereocenters. The molecule has 28 heavy (non-hydrogen) atoms. The number of halogens is 4. The van der Waals surface area contributed by atoms with Crippen molar-refractivity contribution in [1.29, 1.82) is 0 Å². The predicted molar refractivity (Wildman–Crippen MR) is 91.8 cm³/mol. The number of alkyl halides is 3. The fraction of sp³-hybridized carbons (Fsp3) is 0.167.